The quantitative estimate of drug-likeness (QED) is 0.825. The Morgan fingerprint density at radius 3 is 3.00 bits per heavy atom. The van der Waals surface area contributed by atoms with Crippen LogP contribution in [0.3, 0.4) is 0 Å². The third kappa shape index (κ3) is 2.81. The summed E-state index contributed by atoms with van der Waals surface area (Å²) in [5.41, 5.74) is 1.08. The molecule has 0 bridgehead atoms. The first-order valence-electron chi connectivity index (χ1n) is 5.07. The Hall–Kier alpha value is -2.37. The van der Waals surface area contributed by atoms with Crippen LogP contribution in [0.4, 0.5) is 5.82 Å². The zero-order valence-electron chi connectivity index (χ0n) is 9.29. The number of nitrogens with zero attached hydrogens (tertiary/aromatic N) is 3. The first-order valence-corrected chi connectivity index (χ1v) is 5.07. The van der Waals surface area contributed by atoms with Crippen LogP contribution in [0.15, 0.2) is 30.6 Å². The van der Waals surface area contributed by atoms with Crippen molar-refractivity contribution in [1.29, 1.82) is 0 Å². The molecule has 0 spiro atoms. The number of carboxylic acid groups (broad SMARTS) is 1. The standard InChI is InChI=1S/C11H12N4O2/c1-15-5-3-9(14-15)7-13-10-6-8(11(16)17)2-4-12-10/h2-6H,7H2,1H3,(H,12,13)(H,16,17). The monoisotopic (exact) mass is 232 g/mol. The maximum absolute atomic E-state index is 10.8. The second kappa shape index (κ2) is 4.65. The van der Waals surface area contributed by atoms with Crippen LogP contribution in [0.2, 0.25) is 0 Å². The third-order valence-electron chi connectivity index (χ3n) is 2.23. The van der Waals surface area contributed by atoms with E-state index < -0.39 is 5.97 Å². The van der Waals surface area contributed by atoms with Crippen LogP contribution in [0.5, 0.6) is 0 Å². The summed E-state index contributed by atoms with van der Waals surface area (Å²) in [5, 5.41) is 16.0. The maximum atomic E-state index is 10.8. The van der Waals surface area contributed by atoms with E-state index in [4.69, 9.17) is 5.11 Å². The molecular weight excluding hydrogens is 220 g/mol. The van der Waals surface area contributed by atoms with E-state index in [9.17, 15) is 4.79 Å². The van der Waals surface area contributed by atoms with Gasteiger partial charge in [0.1, 0.15) is 5.82 Å². The minimum Gasteiger partial charge on any atom is -0.478 e. The van der Waals surface area contributed by atoms with E-state index in [0.717, 1.165) is 5.69 Å². The molecule has 0 aromatic carbocycles. The molecule has 0 aliphatic heterocycles. The lowest BCUT2D eigenvalue weighted by molar-refractivity contribution is 0.0697. The normalized spacial score (nSPS) is 10.2. The zero-order chi connectivity index (χ0) is 12.3. The molecule has 2 rings (SSSR count). The first kappa shape index (κ1) is 11.1. The van der Waals surface area contributed by atoms with Crippen molar-refractivity contribution in [1.82, 2.24) is 14.8 Å². The molecule has 0 saturated carbocycles. The summed E-state index contributed by atoms with van der Waals surface area (Å²) in [7, 11) is 1.84. The highest BCUT2D eigenvalue weighted by atomic mass is 16.4. The van der Waals surface area contributed by atoms with Crippen LogP contribution in [0.25, 0.3) is 0 Å². The number of anilines is 1. The Labute approximate surface area is 97.9 Å². The third-order valence-corrected chi connectivity index (χ3v) is 2.23. The van der Waals surface area contributed by atoms with E-state index in [1.807, 2.05) is 19.3 Å². The topological polar surface area (TPSA) is 80.0 Å². The zero-order valence-corrected chi connectivity index (χ0v) is 9.29. The summed E-state index contributed by atoms with van der Waals surface area (Å²) in [5.74, 6) is -0.441. The van der Waals surface area contributed by atoms with Crippen LogP contribution in [0.1, 0.15) is 16.1 Å². The molecule has 0 unspecified atom stereocenters. The molecular formula is C11H12N4O2. The van der Waals surface area contributed by atoms with E-state index in [2.05, 4.69) is 15.4 Å². The number of hydrogen-bond donors (Lipinski definition) is 2. The smallest absolute Gasteiger partial charge is 0.335 e. The molecule has 2 aromatic rings. The first-order chi connectivity index (χ1) is 8.15. The lowest BCUT2D eigenvalue weighted by Crippen LogP contribution is -2.04. The Balaban J connectivity index is 2.04. The second-order valence-electron chi connectivity index (χ2n) is 3.57. The van der Waals surface area contributed by atoms with Gasteiger partial charge < -0.3 is 10.4 Å². The van der Waals surface area contributed by atoms with Gasteiger partial charge in [-0.3, -0.25) is 4.68 Å². The van der Waals surface area contributed by atoms with Crippen molar-refractivity contribution in [2.45, 2.75) is 6.54 Å². The van der Waals surface area contributed by atoms with Crippen molar-refractivity contribution in [3.05, 3.63) is 41.9 Å². The number of aryl methyl sites for hydroxylation is 1. The number of carbonyl (C=O) groups is 1. The lowest BCUT2D eigenvalue weighted by Gasteiger charge is -2.03. The lowest BCUT2D eigenvalue weighted by atomic mass is 10.2. The molecule has 88 valence electrons. The predicted octanol–water partition coefficient (Wildman–Crippen LogP) is 1.13. The summed E-state index contributed by atoms with van der Waals surface area (Å²) in [4.78, 5) is 14.8. The fraction of sp³-hybridized carbons (Fsp3) is 0.182. The summed E-state index contributed by atoms with van der Waals surface area (Å²) in [6, 6.07) is 4.83. The molecule has 0 aliphatic rings. The van der Waals surface area contributed by atoms with Crippen LogP contribution in [-0.2, 0) is 13.6 Å². The van der Waals surface area contributed by atoms with Crippen molar-refractivity contribution in [3.8, 4) is 0 Å². The number of carboxylic acids is 1. The number of hydrogen-bond acceptors (Lipinski definition) is 4. The minimum absolute atomic E-state index is 0.212. The fourth-order valence-electron chi connectivity index (χ4n) is 1.40. The number of nitrogens with one attached hydrogen (secondary N) is 1. The Bertz CT molecular complexity index is 536. The minimum atomic E-state index is -0.965. The molecule has 0 atom stereocenters. The van der Waals surface area contributed by atoms with Gasteiger partial charge in [0.15, 0.2) is 0 Å². The van der Waals surface area contributed by atoms with Gasteiger partial charge >= 0.3 is 5.97 Å². The van der Waals surface area contributed by atoms with Crippen molar-refractivity contribution in [3.63, 3.8) is 0 Å². The van der Waals surface area contributed by atoms with Gasteiger partial charge in [-0.2, -0.15) is 5.10 Å². The molecule has 2 aromatic heterocycles. The van der Waals surface area contributed by atoms with Crippen molar-refractivity contribution in [2.24, 2.45) is 7.05 Å². The number of pyridine rings is 1. The molecule has 0 radical (unpaired) electrons. The molecule has 6 nitrogen and oxygen atoms in total. The molecule has 2 N–H and O–H groups in total. The van der Waals surface area contributed by atoms with Crippen molar-refractivity contribution in [2.75, 3.05) is 5.32 Å². The van der Waals surface area contributed by atoms with Gasteiger partial charge in [-0.1, -0.05) is 0 Å². The summed E-state index contributed by atoms with van der Waals surface area (Å²) >= 11 is 0. The van der Waals surface area contributed by atoms with Crippen LogP contribution in [-0.4, -0.2) is 25.8 Å². The van der Waals surface area contributed by atoms with Crippen LogP contribution >= 0.6 is 0 Å². The van der Waals surface area contributed by atoms with E-state index in [1.54, 1.807) is 4.68 Å². The van der Waals surface area contributed by atoms with E-state index in [1.165, 1.54) is 18.3 Å². The Morgan fingerprint density at radius 1 is 1.53 bits per heavy atom. The number of aromatic carboxylic acids is 1. The average Bonchev–Trinajstić information content (AvgIpc) is 2.73. The van der Waals surface area contributed by atoms with Gasteiger partial charge in [0, 0.05) is 19.4 Å². The van der Waals surface area contributed by atoms with E-state index >= 15 is 0 Å². The summed E-state index contributed by atoms with van der Waals surface area (Å²) in [6.45, 7) is 0.511. The van der Waals surface area contributed by atoms with Gasteiger partial charge in [0.05, 0.1) is 17.8 Å². The average molecular weight is 232 g/mol. The highest BCUT2D eigenvalue weighted by Gasteiger charge is 2.04. The molecule has 0 saturated heterocycles. The Kier molecular flexibility index (Phi) is 3.04. The molecule has 0 amide bonds. The molecule has 0 fully saturated rings. The van der Waals surface area contributed by atoms with Gasteiger partial charge in [0.25, 0.3) is 0 Å². The van der Waals surface area contributed by atoms with Crippen LogP contribution in [0, 0.1) is 0 Å². The van der Waals surface area contributed by atoms with Crippen molar-refractivity contribution >= 4 is 11.8 Å². The van der Waals surface area contributed by atoms with E-state index in [-0.39, 0.29) is 5.56 Å². The van der Waals surface area contributed by atoms with Gasteiger partial charge in [-0.15, -0.1) is 0 Å². The van der Waals surface area contributed by atoms with Gasteiger partial charge in [-0.05, 0) is 18.2 Å². The predicted molar refractivity (Wildman–Crippen MR) is 61.7 cm³/mol. The number of aromatic nitrogens is 3. The molecule has 0 aliphatic carbocycles. The largest absolute Gasteiger partial charge is 0.478 e. The highest BCUT2D eigenvalue weighted by molar-refractivity contribution is 5.88. The fourth-order valence-corrected chi connectivity index (χ4v) is 1.40. The van der Waals surface area contributed by atoms with Crippen molar-refractivity contribution < 1.29 is 9.90 Å². The molecule has 6 heteroatoms. The summed E-state index contributed by atoms with van der Waals surface area (Å²) in [6.07, 6.45) is 3.31. The SMILES string of the molecule is Cn1ccc(CNc2cc(C(=O)O)ccn2)n1. The maximum Gasteiger partial charge on any atom is 0.335 e. The van der Waals surface area contributed by atoms with Crippen LogP contribution < -0.4 is 5.32 Å². The second-order valence-corrected chi connectivity index (χ2v) is 3.57. The van der Waals surface area contributed by atoms with E-state index in [0.29, 0.717) is 12.4 Å². The summed E-state index contributed by atoms with van der Waals surface area (Å²) < 4.78 is 1.71. The molecule has 17 heavy (non-hydrogen) atoms. The Morgan fingerprint density at radius 2 is 2.35 bits per heavy atom. The van der Waals surface area contributed by atoms with Gasteiger partial charge in [0.2, 0.25) is 0 Å². The number of rotatable bonds is 4. The highest BCUT2D eigenvalue weighted by Crippen LogP contribution is 2.08. The van der Waals surface area contributed by atoms with Gasteiger partial charge in [-0.25, -0.2) is 9.78 Å². The molecule has 2 heterocycles.